The zero-order valence-corrected chi connectivity index (χ0v) is 20.2. The lowest BCUT2D eigenvalue weighted by Crippen LogP contribution is -2.31. The van der Waals surface area contributed by atoms with E-state index in [0.717, 1.165) is 16.7 Å². The van der Waals surface area contributed by atoms with Crippen LogP contribution in [0, 0.1) is 19.8 Å². The van der Waals surface area contributed by atoms with E-state index in [1.54, 1.807) is 27.6 Å². The number of aromatic nitrogens is 6. The van der Waals surface area contributed by atoms with E-state index >= 15 is 0 Å². The third kappa shape index (κ3) is 4.45. The van der Waals surface area contributed by atoms with Gasteiger partial charge in [0.1, 0.15) is 17.2 Å². The Balaban J connectivity index is 1.32. The highest BCUT2D eigenvalue weighted by Gasteiger charge is 2.41. The van der Waals surface area contributed by atoms with Crippen molar-refractivity contribution in [3.8, 4) is 11.4 Å². The molecule has 1 N–H and O–H groups in total. The number of amides is 1. The second-order valence-electron chi connectivity index (χ2n) is 9.21. The number of carbonyl (C=O) groups is 1. The summed E-state index contributed by atoms with van der Waals surface area (Å²) < 4.78 is 42.9. The normalized spacial score (nSPS) is 15.8. The highest BCUT2D eigenvalue weighted by molar-refractivity contribution is 5.94. The van der Waals surface area contributed by atoms with Crippen molar-refractivity contribution in [2.24, 2.45) is 5.92 Å². The molecule has 8 nitrogen and oxygen atoms in total. The van der Waals surface area contributed by atoms with E-state index in [4.69, 9.17) is 0 Å². The molecule has 4 aromatic heterocycles. The molecule has 1 unspecified atom stereocenters. The molecule has 5 rings (SSSR count). The number of nitrogens with one attached hydrogen (secondary N) is 1. The van der Waals surface area contributed by atoms with Crippen molar-refractivity contribution in [1.82, 2.24) is 34.2 Å². The summed E-state index contributed by atoms with van der Waals surface area (Å²) in [5.74, 6) is -0.703. The van der Waals surface area contributed by atoms with Gasteiger partial charge < -0.3 is 9.88 Å². The Labute approximate surface area is 205 Å². The minimum absolute atomic E-state index is 0.0548. The van der Waals surface area contributed by atoms with Gasteiger partial charge in [0.2, 0.25) is 5.78 Å². The monoisotopic (exact) mass is 497 g/mol. The predicted molar refractivity (Wildman–Crippen MR) is 126 cm³/mol. The number of hydrogen-bond donors (Lipinski definition) is 1. The number of halogens is 3. The van der Waals surface area contributed by atoms with E-state index < -0.39 is 12.1 Å². The van der Waals surface area contributed by atoms with Gasteiger partial charge in [-0.05, 0) is 49.4 Å². The lowest BCUT2D eigenvalue weighted by Gasteiger charge is -2.25. The van der Waals surface area contributed by atoms with Gasteiger partial charge in [-0.15, -0.1) is 0 Å². The molecule has 0 spiro atoms. The standard InChI is InChI=1S/C25H26F3N7O/c1-4-18-22(35-12-14(2)9-31-24(35)33-18)23(36)30-11-16-10-29-19(7-15(16)3)20-13-34-6-5-17(25(26,27)28)8-21(34)32-20/h7,9-10,12-13,17H,4-6,8,11H2,1-3H3,(H,30,36). The highest BCUT2D eigenvalue weighted by Crippen LogP contribution is 2.35. The average molecular weight is 498 g/mol. The maximum atomic E-state index is 13.1. The first-order valence-electron chi connectivity index (χ1n) is 11.8. The molecule has 4 aromatic rings. The van der Waals surface area contributed by atoms with Gasteiger partial charge in [-0.25, -0.2) is 15.0 Å². The lowest BCUT2D eigenvalue weighted by atomic mass is 9.97. The van der Waals surface area contributed by atoms with Crippen molar-refractivity contribution < 1.29 is 18.0 Å². The van der Waals surface area contributed by atoms with Gasteiger partial charge in [-0.2, -0.15) is 13.2 Å². The van der Waals surface area contributed by atoms with Crippen molar-refractivity contribution in [2.75, 3.05) is 0 Å². The molecular weight excluding hydrogens is 471 g/mol. The average Bonchev–Trinajstić information content (AvgIpc) is 3.43. The van der Waals surface area contributed by atoms with E-state index in [0.29, 0.717) is 40.8 Å². The van der Waals surface area contributed by atoms with Crippen LogP contribution in [0.5, 0.6) is 0 Å². The van der Waals surface area contributed by atoms with Crippen LogP contribution in [0.4, 0.5) is 13.2 Å². The molecule has 0 bridgehead atoms. The number of fused-ring (bicyclic) bond motifs is 2. The smallest absolute Gasteiger partial charge is 0.347 e. The van der Waals surface area contributed by atoms with Crippen LogP contribution in [-0.4, -0.2) is 41.0 Å². The topological polar surface area (TPSA) is 90.0 Å². The number of imidazole rings is 2. The maximum Gasteiger partial charge on any atom is 0.392 e. The van der Waals surface area contributed by atoms with Gasteiger partial charge in [0.25, 0.3) is 5.91 Å². The fourth-order valence-corrected chi connectivity index (χ4v) is 4.56. The van der Waals surface area contributed by atoms with Crippen molar-refractivity contribution >= 4 is 11.7 Å². The predicted octanol–water partition coefficient (Wildman–Crippen LogP) is 4.22. The molecule has 0 saturated carbocycles. The Kier molecular flexibility index (Phi) is 6.01. The van der Waals surface area contributed by atoms with Crippen molar-refractivity contribution in [3.63, 3.8) is 0 Å². The summed E-state index contributed by atoms with van der Waals surface area (Å²) in [5, 5.41) is 2.95. The Morgan fingerprint density at radius 1 is 1.14 bits per heavy atom. The molecule has 188 valence electrons. The summed E-state index contributed by atoms with van der Waals surface area (Å²) in [6, 6.07) is 1.84. The van der Waals surface area contributed by atoms with Gasteiger partial charge in [-0.1, -0.05) is 6.92 Å². The molecule has 0 aliphatic carbocycles. The van der Waals surface area contributed by atoms with Crippen LogP contribution in [0.2, 0.25) is 0 Å². The van der Waals surface area contributed by atoms with Gasteiger partial charge in [0.15, 0.2) is 0 Å². The van der Waals surface area contributed by atoms with Gasteiger partial charge in [0, 0.05) is 44.3 Å². The lowest BCUT2D eigenvalue weighted by molar-refractivity contribution is -0.179. The molecule has 0 radical (unpaired) electrons. The van der Waals surface area contributed by atoms with E-state index in [2.05, 4.69) is 25.3 Å². The molecule has 0 aromatic carbocycles. The number of rotatable bonds is 5. The SMILES string of the molecule is CCc1nc2ncc(C)cn2c1C(=O)NCc1cnc(-c2cn3c(n2)CC(C(F)(F)F)CC3)cc1C. The number of alkyl halides is 3. The number of hydrogen-bond acceptors (Lipinski definition) is 5. The third-order valence-corrected chi connectivity index (χ3v) is 6.62. The van der Waals surface area contributed by atoms with Crippen LogP contribution >= 0.6 is 0 Å². The fourth-order valence-electron chi connectivity index (χ4n) is 4.56. The van der Waals surface area contributed by atoms with Crippen LogP contribution < -0.4 is 5.32 Å². The zero-order valence-electron chi connectivity index (χ0n) is 20.2. The first kappa shape index (κ1) is 24.0. The molecule has 11 heteroatoms. The highest BCUT2D eigenvalue weighted by atomic mass is 19.4. The first-order valence-corrected chi connectivity index (χ1v) is 11.8. The Bertz CT molecular complexity index is 1450. The molecular formula is C25H26F3N7O. The number of aryl methyl sites for hydroxylation is 4. The van der Waals surface area contributed by atoms with Crippen LogP contribution in [0.25, 0.3) is 17.2 Å². The Morgan fingerprint density at radius 3 is 2.67 bits per heavy atom. The van der Waals surface area contributed by atoms with Crippen LogP contribution in [0.3, 0.4) is 0 Å². The van der Waals surface area contributed by atoms with E-state index in [9.17, 15) is 18.0 Å². The molecule has 5 heterocycles. The second kappa shape index (κ2) is 9.03. The van der Waals surface area contributed by atoms with Crippen LogP contribution in [0.1, 0.15) is 52.0 Å². The molecule has 0 fully saturated rings. The Hall–Kier alpha value is -3.76. The molecule has 0 saturated heterocycles. The zero-order chi connectivity index (χ0) is 25.6. The summed E-state index contributed by atoms with van der Waals surface area (Å²) >= 11 is 0. The summed E-state index contributed by atoms with van der Waals surface area (Å²) in [5.41, 5.74) is 4.92. The van der Waals surface area contributed by atoms with Crippen LogP contribution in [0.15, 0.2) is 30.9 Å². The van der Waals surface area contributed by atoms with E-state index in [1.807, 2.05) is 33.0 Å². The van der Waals surface area contributed by atoms with Gasteiger partial charge in [0.05, 0.1) is 17.3 Å². The van der Waals surface area contributed by atoms with Crippen molar-refractivity contribution in [2.45, 2.75) is 59.3 Å². The molecule has 1 aliphatic heterocycles. The Morgan fingerprint density at radius 2 is 1.94 bits per heavy atom. The minimum Gasteiger partial charge on any atom is -0.347 e. The quantitative estimate of drug-likeness (QED) is 0.446. The van der Waals surface area contributed by atoms with Crippen LogP contribution in [-0.2, 0) is 25.9 Å². The summed E-state index contributed by atoms with van der Waals surface area (Å²) in [6.45, 7) is 6.30. The molecule has 1 amide bonds. The molecule has 1 aliphatic rings. The van der Waals surface area contributed by atoms with E-state index in [-0.39, 0.29) is 31.8 Å². The number of carbonyl (C=O) groups excluding carboxylic acids is 1. The molecule has 1 atom stereocenters. The maximum absolute atomic E-state index is 13.1. The molecule has 36 heavy (non-hydrogen) atoms. The third-order valence-electron chi connectivity index (χ3n) is 6.62. The first-order chi connectivity index (χ1) is 17.1. The van der Waals surface area contributed by atoms with E-state index in [1.165, 1.54) is 0 Å². The number of pyridine rings is 1. The van der Waals surface area contributed by atoms with Gasteiger partial charge >= 0.3 is 6.18 Å². The van der Waals surface area contributed by atoms with Crippen molar-refractivity contribution in [1.29, 1.82) is 0 Å². The summed E-state index contributed by atoms with van der Waals surface area (Å²) in [7, 11) is 0. The van der Waals surface area contributed by atoms with Crippen molar-refractivity contribution in [3.05, 3.63) is 64.8 Å². The largest absolute Gasteiger partial charge is 0.392 e. The number of nitrogens with zero attached hydrogens (tertiary/aromatic N) is 6. The van der Waals surface area contributed by atoms with Gasteiger partial charge in [-0.3, -0.25) is 14.2 Å². The summed E-state index contributed by atoms with van der Waals surface area (Å²) in [4.78, 5) is 30.8. The summed E-state index contributed by atoms with van der Waals surface area (Å²) in [6.07, 6.45) is 3.30. The fraction of sp³-hybridized carbons (Fsp3) is 0.400. The minimum atomic E-state index is -4.21. The second-order valence-corrected chi connectivity index (χ2v) is 9.21.